The first kappa shape index (κ1) is 17.6. The Labute approximate surface area is 162 Å². The number of hydrogen-bond donors (Lipinski definition) is 1. The van der Waals surface area contributed by atoms with Gasteiger partial charge in [0.25, 0.3) is 0 Å². The van der Waals surface area contributed by atoms with E-state index in [-0.39, 0.29) is 5.91 Å². The Balaban J connectivity index is 1.76. The summed E-state index contributed by atoms with van der Waals surface area (Å²) in [6, 6.07) is 21.6. The Bertz CT molecular complexity index is 1130. The van der Waals surface area contributed by atoms with Crippen molar-refractivity contribution in [3.8, 4) is 28.3 Å². The average Bonchev–Trinajstić information content (AvgIpc) is 3.10. The monoisotopic (exact) mass is 369 g/mol. The molecule has 0 aliphatic rings. The highest BCUT2D eigenvalue weighted by atomic mass is 16.1. The Kier molecular flexibility index (Phi) is 4.68. The summed E-state index contributed by atoms with van der Waals surface area (Å²) in [5.74, 6) is 1.38. The Morgan fingerprint density at radius 2 is 1.71 bits per heavy atom. The highest BCUT2D eigenvalue weighted by Gasteiger charge is 2.14. The van der Waals surface area contributed by atoms with Crippen molar-refractivity contribution in [1.29, 1.82) is 0 Å². The molecule has 0 saturated heterocycles. The summed E-state index contributed by atoms with van der Waals surface area (Å²) in [6.45, 7) is 3.42. The third-order valence-corrected chi connectivity index (χ3v) is 4.34. The van der Waals surface area contributed by atoms with Crippen molar-refractivity contribution < 1.29 is 4.79 Å². The largest absolute Gasteiger partial charge is 0.326 e. The molecule has 1 N–H and O–H groups in total. The minimum atomic E-state index is -0.0981. The van der Waals surface area contributed by atoms with Crippen LogP contribution in [0, 0.1) is 6.92 Å². The van der Waals surface area contributed by atoms with Gasteiger partial charge in [0.2, 0.25) is 5.91 Å². The molecule has 2 aromatic heterocycles. The van der Waals surface area contributed by atoms with Crippen LogP contribution in [0.4, 0.5) is 5.69 Å². The topological polar surface area (TPSA) is 72.7 Å². The first-order valence-corrected chi connectivity index (χ1v) is 8.94. The van der Waals surface area contributed by atoms with Gasteiger partial charge in [-0.3, -0.25) is 14.3 Å². The molecule has 28 heavy (non-hydrogen) atoms. The second-order valence-corrected chi connectivity index (χ2v) is 6.43. The summed E-state index contributed by atoms with van der Waals surface area (Å²) in [5, 5.41) is 11.4. The van der Waals surface area contributed by atoms with Crippen LogP contribution in [0.25, 0.3) is 28.3 Å². The fraction of sp³-hybridized carbons (Fsp3) is 0.0909. The maximum atomic E-state index is 11.3. The van der Waals surface area contributed by atoms with Crippen LogP contribution in [0.2, 0.25) is 0 Å². The van der Waals surface area contributed by atoms with Crippen LogP contribution in [0.3, 0.4) is 0 Å². The molecule has 0 fully saturated rings. The summed E-state index contributed by atoms with van der Waals surface area (Å²) in [6.07, 6.45) is 1.76. The van der Waals surface area contributed by atoms with Crippen molar-refractivity contribution in [2.75, 3.05) is 5.32 Å². The molecule has 1 amide bonds. The second kappa shape index (κ2) is 7.44. The van der Waals surface area contributed by atoms with Crippen molar-refractivity contribution in [3.05, 3.63) is 78.8 Å². The van der Waals surface area contributed by atoms with Gasteiger partial charge in [-0.1, -0.05) is 30.3 Å². The number of amides is 1. The van der Waals surface area contributed by atoms with E-state index in [1.807, 2.05) is 78.2 Å². The van der Waals surface area contributed by atoms with E-state index < -0.39 is 0 Å². The standard InChI is InChI=1S/C22H19N5O/c1-15-25-26-22(27(15)20-9-4-3-5-10-20)21-14-18(11-12-23-21)17-7-6-8-19(13-17)24-16(2)28/h3-14H,1-2H3,(H,24,28). The number of carbonyl (C=O) groups excluding carboxylic acids is 1. The van der Waals surface area contributed by atoms with Gasteiger partial charge in [0.15, 0.2) is 5.82 Å². The zero-order valence-electron chi connectivity index (χ0n) is 15.6. The number of carbonyl (C=O) groups is 1. The van der Waals surface area contributed by atoms with E-state index in [1.54, 1.807) is 6.20 Å². The number of benzene rings is 2. The Morgan fingerprint density at radius 3 is 2.50 bits per heavy atom. The summed E-state index contributed by atoms with van der Waals surface area (Å²) in [4.78, 5) is 15.8. The van der Waals surface area contributed by atoms with E-state index >= 15 is 0 Å². The number of aryl methyl sites for hydroxylation is 1. The van der Waals surface area contributed by atoms with Crippen molar-refractivity contribution in [1.82, 2.24) is 19.7 Å². The molecular weight excluding hydrogens is 350 g/mol. The van der Waals surface area contributed by atoms with Gasteiger partial charge in [0, 0.05) is 24.5 Å². The molecule has 4 aromatic rings. The first-order valence-electron chi connectivity index (χ1n) is 8.94. The fourth-order valence-electron chi connectivity index (χ4n) is 3.13. The quantitative estimate of drug-likeness (QED) is 0.583. The van der Waals surface area contributed by atoms with Gasteiger partial charge in [-0.15, -0.1) is 10.2 Å². The molecule has 138 valence electrons. The molecule has 0 radical (unpaired) electrons. The zero-order chi connectivity index (χ0) is 19.5. The number of hydrogen-bond acceptors (Lipinski definition) is 4. The van der Waals surface area contributed by atoms with Gasteiger partial charge in [-0.2, -0.15) is 0 Å². The van der Waals surface area contributed by atoms with E-state index in [1.165, 1.54) is 6.92 Å². The van der Waals surface area contributed by atoms with E-state index in [2.05, 4.69) is 20.5 Å². The van der Waals surface area contributed by atoms with E-state index in [0.717, 1.165) is 34.0 Å². The van der Waals surface area contributed by atoms with Crippen LogP contribution in [0.5, 0.6) is 0 Å². The van der Waals surface area contributed by atoms with Crippen LogP contribution in [-0.2, 0) is 4.79 Å². The Morgan fingerprint density at radius 1 is 0.929 bits per heavy atom. The number of nitrogens with one attached hydrogen (secondary N) is 1. The fourth-order valence-corrected chi connectivity index (χ4v) is 3.13. The van der Waals surface area contributed by atoms with Crippen molar-refractivity contribution in [2.24, 2.45) is 0 Å². The second-order valence-electron chi connectivity index (χ2n) is 6.43. The minimum absolute atomic E-state index is 0.0981. The van der Waals surface area contributed by atoms with E-state index in [4.69, 9.17) is 0 Å². The molecule has 0 unspecified atom stereocenters. The number of aromatic nitrogens is 4. The van der Waals surface area contributed by atoms with Crippen LogP contribution in [-0.4, -0.2) is 25.7 Å². The molecule has 0 atom stereocenters. The molecule has 6 heteroatoms. The third kappa shape index (κ3) is 3.53. The zero-order valence-corrected chi connectivity index (χ0v) is 15.6. The number of anilines is 1. The highest BCUT2D eigenvalue weighted by Crippen LogP contribution is 2.27. The minimum Gasteiger partial charge on any atom is -0.326 e. The van der Waals surface area contributed by atoms with Gasteiger partial charge in [-0.25, -0.2) is 0 Å². The summed E-state index contributed by atoms with van der Waals surface area (Å²) in [7, 11) is 0. The van der Waals surface area contributed by atoms with Crippen molar-refractivity contribution >= 4 is 11.6 Å². The molecule has 0 spiro atoms. The maximum absolute atomic E-state index is 11.3. The van der Waals surface area contributed by atoms with Gasteiger partial charge >= 0.3 is 0 Å². The van der Waals surface area contributed by atoms with Crippen LogP contribution < -0.4 is 5.32 Å². The Hall–Kier alpha value is -3.80. The lowest BCUT2D eigenvalue weighted by Gasteiger charge is -2.10. The lowest BCUT2D eigenvalue weighted by atomic mass is 10.1. The molecule has 0 bridgehead atoms. The van der Waals surface area contributed by atoms with Gasteiger partial charge in [0.05, 0.1) is 0 Å². The molecule has 0 aliphatic heterocycles. The summed E-state index contributed by atoms with van der Waals surface area (Å²) in [5.41, 5.74) is 4.44. The van der Waals surface area contributed by atoms with Gasteiger partial charge in [0.1, 0.15) is 11.5 Å². The molecular formula is C22H19N5O. The van der Waals surface area contributed by atoms with Gasteiger partial charge < -0.3 is 5.32 Å². The van der Waals surface area contributed by atoms with Crippen LogP contribution >= 0.6 is 0 Å². The number of pyridine rings is 1. The smallest absolute Gasteiger partial charge is 0.221 e. The van der Waals surface area contributed by atoms with Crippen LogP contribution in [0.1, 0.15) is 12.7 Å². The lowest BCUT2D eigenvalue weighted by Crippen LogP contribution is -2.05. The molecule has 0 saturated carbocycles. The summed E-state index contributed by atoms with van der Waals surface area (Å²) < 4.78 is 1.99. The number of para-hydroxylation sites is 1. The normalized spacial score (nSPS) is 10.6. The first-order chi connectivity index (χ1) is 13.6. The lowest BCUT2D eigenvalue weighted by molar-refractivity contribution is -0.114. The highest BCUT2D eigenvalue weighted by molar-refractivity contribution is 5.89. The van der Waals surface area contributed by atoms with Crippen molar-refractivity contribution in [2.45, 2.75) is 13.8 Å². The maximum Gasteiger partial charge on any atom is 0.221 e. The molecule has 4 rings (SSSR count). The number of nitrogens with zero attached hydrogens (tertiary/aromatic N) is 4. The van der Waals surface area contributed by atoms with E-state index in [9.17, 15) is 4.79 Å². The molecule has 2 heterocycles. The predicted octanol–water partition coefficient (Wildman–Crippen LogP) is 4.26. The SMILES string of the molecule is CC(=O)Nc1cccc(-c2ccnc(-c3nnc(C)n3-c3ccccc3)c2)c1. The molecule has 6 nitrogen and oxygen atoms in total. The summed E-state index contributed by atoms with van der Waals surface area (Å²) >= 11 is 0. The van der Waals surface area contributed by atoms with E-state index in [0.29, 0.717) is 5.82 Å². The predicted molar refractivity (Wildman–Crippen MR) is 109 cm³/mol. The van der Waals surface area contributed by atoms with Crippen molar-refractivity contribution in [3.63, 3.8) is 0 Å². The average molecular weight is 369 g/mol. The number of rotatable bonds is 4. The third-order valence-electron chi connectivity index (χ3n) is 4.34. The molecule has 0 aliphatic carbocycles. The van der Waals surface area contributed by atoms with Crippen LogP contribution in [0.15, 0.2) is 72.9 Å². The molecule has 2 aromatic carbocycles. The van der Waals surface area contributed by atoms with Gasteiger partial charge in [-0.05, 0) is 54.4 Å².